The predicted octanol–water partition coefficient (Wildman–Crippen LogP) is 2.63. The molecule has 4 atom stereocenters. The number of amides is 2. The number of methoxy groups -OCH3 is 1. The first-order chi connectivity index (χ1) is 18.6. The molecule has 0 aromatic heterocycles. The van der Waals surface area contributed by atoms with Crippen molar-refractivity contribution in [3.63, 3.8) is 0 Å². The molecular formula is C30H45N3O6. The Balaban J connectivity index is 1.42. The molecule has 3 aliphatic rings. The van der Waals surface area contributed by atoms with Gasteiger partial charge in [-0.2, -0.15) is 0 Å². The lowest BCUT2D eigenvalue weighted by molar-refractivity contribution is -0.139. The SMILES string of the molecule is CCO[C@H]1CN(C(=O)C(CC(C)(C)C)NC(=O)c2ccc(C3CCN(CCOC)CC3)cc2)[C@@H]2C(=O)CO[C@H]12. The molecule has 1 unspecified atom stereocenters. The molecule has 3 aliphatic heterocycles. The number of hydrogen-bond acceptors (Lipinski definition) is 7. The third kappa shape index (κ3) is 7.25. The second kappa shape index (κ2) is 12.9. The van der Waals surface area contributed by atoms with Gasteiger partial charge in [0.1, 0.15) is 30.9 Å². The first-order valence-corrected chi connectivity index (χ1v) is 14.3. The monoisotopic (exact) mass is 543 g/mol. The summed E-state index contributed by atoms with van der Waals surface area (Å²) in [6.07, 6.45) is 1.81. The third-order valence-corrected chi connectivity index (χ3v) is 8.07. The number of likely N-dealkylation sites (tertiary alicyclic amines) is 2. The molecule has 0 spiro atoms. The summed E-state index contributed by atoms with van der Waals surface area (Å²) >= 11 is 0. The van der Waals surface area contributed by atoms with Crippen LogP contribution in [0.15, 0.2) is 24.3 Å². The fourth-order valence-electron chi connectivity index (χ4n) is 6.07. The van der Waals surface area contributed by atoms with E-state index in [1.165, 1.54) is 5.56 Å². The van der Waals surface area contributed by atoms with Crippen molar-refractivity contribution in [3.8, 4) is 0 Å². The summed E-state index contributed by atoms with van der Waals surface area (Å²) in [5.74, 6) is -0.184. The van der Waals surface area contributed by atoms with Crippen molar-refractivity contribution in [2.75, 3.05) is 53.1 Å². The Labute approximate surface area is 232 Å². The molecule has 9 heteroatoms. The van der Waals surface area contributed by atoms with Crippen molar-refractivity contribution in [2.24, 2.45) is 5.41 Å². The summed E-state index contributed by atoms with van der Waals surface area (Å²) in [6.45, 7) is 12.5. The van der Waals surface area contributed by atoms with Crippen LogP contribution in [0.5, 0.6) is 0 Å². The number of Topliss-reactive ketones (excluding diaryl/α,β-unsaturated/α-hetero) is 1. The van der Waals surface area contributed by atoms with Gasteiger partial charge >= 0.3 is 0 Å². The zero-order chi connectivity index (χ0) is 28.2. The largest absolute Gasteiger partial charge is 0.383 e. The molecule has 0 aliphatic carbocycles. The maximum atomic E-state index is 13.8. The van der Waals surface area contributed by atoms with Crippen molar-refractivity contribution >= 4 is 17.6 Å². The molecule has 2 amide bonds. The lowest BCUT2D eigenvalue weighted by atomic mass is 9.87. The van der Waals surface area contributed by atoms with Crippen molar-refractivity contribution in [1.29, 1.82) is 0 Å². The summed E-state index contributed by atoms with van der Waals surface area (Å²) < 4.78 is 16.7. The van der Waals surface area contributed by atoms with Crippen molar-refractivity contribution in [1.82, 2.24) is 15.1 Å². The number of ether oxygens (including phenoxy) is 3. The summed E-state index contributed by atoms with van der Waals surface area (Å²) in [4.78, 5) is 43.8. The third-order valence-electron chi connectivity index (χ3n) is 8.07. The number of benzene rings is 1. The Morgan fingerprint density at radius 3 is 2.46 bits per heavy atom. The second-order valence-corrected chi connectivity index (χ2v) is 12.2. The zero-order valence-electron chi connectivity index (χ0n) is 24.1. The summed E-state index contributed by atoms with van der Waals surface area (Å²) in [7, 11) is 1.73. The van der Waals surface area contributed by atoms with E-state index in [-0.39, 0.29) is 42.3 Å². The number of carbonyl (C=O) groups excluding carboxylic acids is 3. The maximum absolute atomic E-state index is 13.8. The van der Waals surface area contributed by atoms with Gasteiger partial charge in [0.25, 0.3) is 5.91 Å². The topological polar surface area (TPSA) is 97.4 Å². The van der Waals surface area contributed by atoms with E-state index in [1.807, 2.05) is 52.0 Å². The number of piperidine rings is 1. The number of fused-ring (bicyclic) bond motifs is 1. The van der Waals surface area contributed by atoms with Gasteiger partial charge in [0, 0.05) is 25.8 Å². The molecule has 4 rings (SSSR count). The number of rotatable bonds is 10. The van der Waals surface area contributed by atoms with Crippen LogP contribution in [0.25, 0.3) is 0 Å². The highest BCUT2D eigenvalue weighted by Crippen LogP contribution is 2.32. The molecule has 3 saturated heterocycles. The van der Waals surface area contributed by atoms with E-state index in [4.69, 9.17) is 14.2 Å². The van der Waals surface area contributed by atoms with Gasteiger partial charge in [-0.15, -0.1) is 0 Å². The number of carbonyl (C=O) groups is 3. The van der Waals surface area contributed by atoms with Gasteiger partial charge in [0.2, 0.25) is 5.91 Å². The Morgan fingerprint density at radius 2 is 1.85 bits per heavy atom. The van der Waals surface area contributed by atoms with Gasteiger partial charge in [0.15, 0.2) is 5.78 Å². The van der Waals surface area contributed by atoms with Crippen LogP contribution in [0.1, 0.15) is 68.8 Å². The van der Waals surface area contributed by atoms with Crippen LogP contribution in [0.2, 0.25) is 0 Å². The van der Waals surface area contributed by atoms with Crippen LogP contribution in [0, 0.1) is 5.41 Å². The van der Waals surface area contributed by atoms with Crippen molar-refractivity contribution in [3.05, 3.63) is 35.4 Å². The molecule has 9 nitrogen and oxygen atoms in total. The maximum Gasteiger partial charge on any atom is 0.251 e. The molecule has 3 heterocycles. The van der Waals surface area contributed by atoms with Crippen molar-refractivity contribution < 1.29 is 28.6 Å². The molecule has 0 bridgehead atoms. The molecule has 1 N–H and O–H groups in total. The molecule has 0 saturated carbocycles. The van der Waals surface area contributed by atoms with Crippen LogP contribution in [0.3, 0.4) is 0 Å². The van der Waals surface area contributed by atoms with Gasteiger partial charge in [0.05, 0.1) is 13.2 Å². The van der Waals surface area contributed by atoms with Crippen LogP contribution in [-0.2, 0) is 23.8 Å². The zero-order valence-corrected chi connectivity index (χ0v) is 24.1. The molecule has 3 fully saturated rings. The fourth-order valence-corrected chi connectivity index (χ4v) is 6.07. The summed E-state index contributed by atoms with van der Waals surface area (Å²) in [6, 6.07) is 6.36. The smallest absolute Gasteiger partial charge is 0.251 e. The Kier molecular flexibility index (Phi) is 9.80. The molecule has 39 heavy (non-hydrogen) atoms. The van der Waals surface area contributed by atoms with Gasteiger partial charge < -0.3 is 29.3 Å². The number of hydrogen-bond donors (Lipinski definition) is 1. The highest BCUT2D eigenvalue weighted by Gasteiger charge is 2.53. The predicted molar refractivity (Wildman–Crippen MR) is 148 cm³/mol. The number of ketones is 1. The van der Waals surface area contributed by atoms with Crippen LogP contribution in [0.4, 0.5) is 0 Å². The highest BCUT2D eigenvalue weighted by molar-refractivity contribution is 5.99. The highest BCUT2D eigenvalue weighted by atomic mass is 16.6. The van der Waals surface area contributed by atoms with Crippen LogP contribution in [-0.4, -0.2) is 105 Å². The summed E-state index contributed by atoms with van der Waals surface area (Å²) in [5, 5.41) is 2.99. The average Bonchev–Trinajstić information content (AvgIpc) is 3.47. The first-order valence-electron chi connectivity index (χ1n) is 14.3. The molecular weight excluding hydrogens is 498 g/mol. The first kappa shape index (κ1) is 29.6. The number of nitrogens with one attached hydrogen (secondary N) is 1. The molecule has 0 radical (unpaired) electrons. The van der Waals surface area contributed by atoms with Gasteiger partial charge in [-0.05, 0) is 68.3 Å². The van der Waals surface area contributed by atoms with Crippen molar-refractivity contribution in [2.45, 2.75) is 77.2 Å². The van der Waals surface area contributed by atoms with Gasteiger partial charge in [-0.1, -0.05) is 32.9 Å². The van der Waals surface area contributed by atoms with Gasteiger partial charge in [-0.25, -0.2) is 0 Å². The molecule has 1 aromatic carbocycles. The minimum atomic E-state index is -0.761. The standard InChI is InChI=1S/C30H45N3O6/c1-6-38-25-18-33(26-24(34)19-39-27(25)26)29(36)23(17-30(2,3)4)31-28(35)22-9-7-20(8-10-22)21-11-13-32(14-12-21)15-16-37-5/h7-10,21,23,25-27H,6,11-19H2,1-5H3,(H,31,35)/t23?,25-,26+,27+/m0/s1. The van der Waals surface area contributed by atoms with Gasteiger partial charge in [-0.3, -0.25) is 14.4 Å². The minimum absolute atomic E-state index is 0.0164. The Morgan fingerprint density at radius 1 is 1.15 bits per heavy atom. The second-order valence-electron chi connectivity index (χ2n) is 12.2. The van der Waals surface area contributed by atoms with Crippen LogP contribution < -0.4 is 5.32 Å². The van der Waals surface area contributed by atoms with E-state index in [0.29, 0.717) is 24.5 Å². The van der Waals surface area contributed by atoms with Crippen LogP contribution >= 0.6 is 0 Å². The minimum Gasteiger partial charge on any atom is -0.383 e. The molecule has 1 aromatic rings. The Bertz CT molecular complexity index is 999. The fraction of sp³-hybridized carbons (Fsp3) is 0.700. The van der Waals surface area contributed by atoms with E-state index >= 15 is 0 Å². The summed E-state index contributed by atoms with van der Waals surface area (Å²) in [5.41, 5.74) is 1.55. The van der Waals surface area contributed by atoms with E-state index < -0.39 is 18.2 Å². The lowest BCUT2D eigenvalue weighted by Crippen LogP contribution is -2.53. The average molecular weight is 544 g/mol. The molecule has 216 valence electrons. The lowest BCUT2D eigenvalue weighted by Gasteiger charge is -2.32. The number of nitrogens with zero attached hydrogens (tertiary/aromatic N) is 2. The van der Waals surface area contributed by atoms with E-state index in [2.05, 4.69) is 10.2 Å². The normalized spacial score (nSPS) is 25.1. The quantitative estimate of drug-likeness (QED) is 0.485. The van der Waals surface area contributed by atoms with E-state index in [1.54, 1.807) is 12.0 Å². The van der Waals surface area contributed by atoms with E-state index in [0.717, 1.165) is 39.1 Å². The Hall–Kier alpha value is -2.33. The van der Waals surface area contributed by atoms with E-state index in [9.17, 15) is 14.4 Å².